The van der Waals surface area contributed by atoms with Gasteiger partial charge in [0.1, 0.15) is 0 Å². The standard InChI is InChI=1S/C17H12BrNO2/c18-13-9-7-12(8-10-13)4-3-11-19-16(20)14-5-1-2-6-15(14)17(19)21/h1-10H,11H2/b4-3+. The maximum Gasteiger partial charge on any atom is 0.261 e. The maximum absolute atomic E-state index is 12.2. The Bertz CT molecular complexity index is 700. The van der Waals surface area contributed by atoms with E-state index in [0.29, 0.717) is 11.1 Å². The molecule has 0 saturated heterocycles. The number of imide groups is 1. The first-order valence-corrected chi connectivity index (χ1v) is 7.33. The van der Waals surface area contributed by atoms with Gasteiger partial charge >= 0.3 is 0 Å². The molecule has 1 heterocycles. The molecule has 0 spiro atoms. The molecule has 4 heteroatoms. The molecule has 0 N–H and O–H groups in total. The Morgan fingerprint density at radius 2 is 1.48 bits per heavy atom. The minimum atomic E-state index is -0.226. The highest BCUT2D eigenvalue weighted by Crippen LogP contribution is 2.22. The second kappa shape index (κ2) is 5.66. The highest BCUT2D eigenvalue weighted by Gasteiger charge is 2.33. The van der Waals surface area contributed by atoms with Crippen LogP contribution in [0.4, 0.5) is 0 Å². The Morgan fingerprint density at radius 3 is 2.05 bits per heavy atom. The zero-order valence-electron chi connectivity index (χ0n) is 11.1. The Kier molecular flexibility index (Phi) is 3.71. The number of hydrogen-bond acceptors (Lipinski definition) is 2. The van der Waals surface area contributed by atoms with Gasteiger partial charge in [-0.3, -0.25) is 14.5 Å². The van der Waals surface area contributed by atoms with Crippen LogP contribution in [0.25, 0.3) is 6.08 Å². The second-order valence-corrected chi connectivity index (χ2v) is 5.64. The van der Waals surface area contributed by atoms with E-state index in [1.807, 2.05) is 36.4 Å². The van der Waals surface area contributed by atoms with Crippen molar-refractivity contribution < 1.29 is 9.59 Å². The molecule has 0 atom stereocenters. The predicted octanol–water partition coefficient (Wildman–Crippen LogP) is 3.76. The molecule has 0 radical (unpaired) electrons. The van der Waals surface area contributed by atoms with Crippen molar-refractivity contribution in [2.24, 2.45) is 0 Å². The van der Waals surface area contributed by atoms with Crippen molar-refractivity contribution in [3.63, 3.8) is 0 Å². The number of halogens is 1. The van der Waals surface area contributed by atoms with Gasteiger partial charge in [-0.25, -0.2) is 0 Å². The minimum absolute atomic E-state index is 0.226. The molecule has 0 aliphatic carbocycles. The SMILES string of the molecule is O=C1c2ccccc2C(=O)N1C/C=C/c1ccc(Br)cc1. The molecule has 0 fully saturated rings. The monoisotopic (exact) mass is 341 g/mol. The number of amides is 2. The lowest BCUT2D eigenvalue weighted by atomic mass is 10.1. The van der Waals surface area contributed by atoms with E-state index in [0.717, 1.165) is 10.0 Å². The summed E-state index contributed by atoms with van der Waals surface area (Å²) in [5.74, 6) is -0.452. The van der Waals surface area contributed by atoms with Crippen LogP contribution in [-0.2, 0) is 0 Å². The molecule has 0 aromatic heterocycles. The van der Waals surface area contributed by atoms with Gasteiger partial charge in [-0.2, -0.15) is 0 Å². The van der Waals surface area contributed by atoms with Gasteiger partial charge in [0.2, 0.25) is 0 Å². The molecule has 1 aliphatic heterocycles. The van der Waals surface area contributed by atoms with Crippen molar-refractivity contribution in [1.82, 2.24) is 4.90 Å². The lowest BCUT2D eigenvalue weighted by Crippen LogP contribution is -2.29. The molecule has 2 aromatic carbocycles. The molecular weight excluding hydrogens is 330 g/mol. The molecule has 2 aromatic rings. The first-order chi connectivity index (χ1) is 10.2. The maximum atomic E-state index is 12.2. The van der Waals surface area contributed by atoms with E-state index in [-0.39, 0.29) is 18.4 Å². The Hall–Kier alpha value is -2.20. The van der Waals surface area contributed by atoms with E-state index in [2.05, 4.69) is 15.9 Å². The highest BCUT2D eigenvalue weighted by atomic mass is 79.9. The van der Waals surface area contributed by atoms with Crippen LogP contribution in [0.2, 0.25) is 0 Å². The summed E-state index contributed by atoms with van der Waals surface area (Å²) in [5, 5.41) is 0. The van der Waals surface area contributed by atoms with Gasteiger partial charge in [0.25, 0.3) is 11.8 Å². The summed E-state index contributed by atoms with van der Waals surface area (Å²) < 4.78 is 1.01. The van der Waals surface area contributed by atoms with E-state index in [1.165, 1.54) is 4.90 Å². The summed E-state index contributed by atoms with van der Waals surface area (Å²) in [6, 6.07) is 14.7. The van der Waals surface area contributed by atoms with Crippen LogP contribution >= 0.6 is 15.9 Å². The zero-order valence-corrected chi connectivity index (χ0v) is 12.7. The van der Waals surface area contributed by atoms with E-state index >= 15 is 0 Å². The largest absolute Gasteiger partial charge is 0.270 e. The second-order valence-electron chi connectivity index (χ2n) is 4.72. The van der Waals surface area contributed by atoms with Gasteiger partial charge in [0.15, 0.2) is 0 Å². The third kappa shape index (κ3) is 2.67. The normalized spacial score (nSPS) is 14.0. The number of carbonyl (C=O) groups excluding carboxylic acids is 2. The summed E-state index contributed by atoms with van der Waals surface area (Å²) in [6.45, 7) is 0.280. The van der Waals surface area contributed by atoms with Crippen molar-refractivity contribution in [3.05, 3.63) is 75.8 Å². The molecule has 104 valence electrons. The van der Waals surface area contributed by atoms with Gasteiger partial charge < -0.3 is 0 Å². The van der Waals surface area contributed by atoms with Gasteiger partial charge in [-0.1, -0.05) is 52.3 Å². The fraction of sp³-hybridized carbons (Fsp3) is 0.0588. The van der Waals surface area contributed by atoms with Crippen LogP contribution < -0.4 is 0 Å². The van der Waals surface area contributed by atoms with Gasteiger partial charge in [0.05, 0.1) is 11.1 Å². The Morgan fingerprint density at radius 1 is 0.905 bits per heavy atom. The average molecular weight is 342 g/mol. The molecule has 1 aliphatic rings. The first kappa shape index (κ1) is 13.8. The topological polar surface area (TPSA) is 37.4 Å². The number of fused-ring (bicyclic) bond motifs is 1. The Labute approximate surface area is 131 Å². The van der Waals surface area contributed by atoms with Crippen LogP contribution in [0.3, 0.4) is 0 Å². The number of benzene rings is 2. The zero-order chi connectivity index (χ0) is 14.8. The molecule has 3 rings (SSSR count). The van der Waals surface area contributed by atoms with Crippen molar-refractivity contribution in [1.29, 1.82) is 0 Å². The number of nitrogens with zero attached hydrogens (tertiary/aromatic N) is 1. The number of hydrogen-bond donors (Lipinski definition) is 0. The van der Waals surface area contributed by atoms with Crippen LogP contribution in [0.15, 0.2) is 59.1 Å². The van der Waals surface area contributed by atoms with E-state index in [1.54, 1.807) is 24.3 Å². The third-order valence-electron chi connectivity index (χ3n) is 3.35. The molecule has 2 amide bonds. The van der Waals surface area contributed by atoms with Crippen molar-refractivity contribution >= 4 is 33.8 Å². The van der Waals surface area contributed by atoms with Crippen LogP contribution in [0.1, 0.15) is 26.3 Å². The van der Waals surface area contributed by atoms with E-state index in [9.17, 15) is 9.59 Å². The fourth-order valence-corrected chi connectivity index (χ4v) is 2.54. The lowest BCUT2D eigenvalue weighted by Gasteiger charge is -2.10. The first-order valence-electron chi connectivity index (χ1n) is 6.54. The third-order valence-corrected chi connectivity index (χ3v) is 3.88. The molecule has 0 unspecified atom stereocenters. The lowest BCUT2D eigenvalue weighted by molar-refractivity contribution is 0.0672. The Balaban J connectivity index is 1.74. The molecule has 0 bridgehead atoms. The highest BCUT2D eigenvalue weighted by molar-refractivity contribution is 9.10. The quantitative estimate of drug-likeness (QED) is 0.797. The van der Waals surface area contributed by atoms with Gasteiger partial charge in [-0.05, 0) is 29.8 Å². The molecular formula is C17H12BrNO2. The summed E-state index contributed by atoms with van der Waals surface area (Å²) in [5.41, 5.74) is 1.99. The molecule has 3 nitrogen and oxygen atoms in total. The molecule has 21 heavy (non-hydrogen) atoms. The summed E-state index contributed by atoms with van der Waals surface area (Å²) in [6.07, 6.45) is 3.72. The minimum Gasteiger partial charge on any atom is -0.270 e. The van der Waals surface area contributed by atoms with Crippen LogP contribution in [-0.4, -0.2) is 23.3 Å². The summed E-state index contributed by atoms with van der Waals surface area (Å²) in [4.78, 5) is 25.6. The number of rotatable bonds is 3. The smallest absolute Gasteiger partial charge is 0.261 e. The summed E-state index contributed by atoms with van der Waals surface area (Å²) in [7, 11) is 0. The van der Waals surface area contributed by atoms with Crippen molar-refractivity contribution in [2.45, 2.75) is 0 Å². The van der Waals surface area contributed by atoms with Crippen LogP contribution in [0, 0.1) is 0 Å². The van der Waals surface area contributed by atoms with Crippen molar-refractivity contribution in [3.8, 4) is 0 Å². The van der Waals surface area contributed by atoms with Crippen molar-refractivity contribution in [2.75, 3.05) is 6.54 Å². The predicted molar refractivity (Wildman–Crippen MR) is 85.0 cm³/mol. The van der Waals surface area contributed by atoms with Crippen LogP contribution in [0.5, 0.6) is 0 Å². The van der Waals surface area contributed by atoms with Gasteiger partial charge in [0, 0.05) is 11.0 Å². The molecule has 0 saturated carbocycles. The summed E-state index contributed by atoms with van der Waals surface area (Å²) >= 11 is 3.38. The fourth-order valence-electron chi connectivity index (χ4n) is 2.27. The van der Waals surface area contributed by atoms with E-state index in [4.69, 9.17) is 0 Å². The van der Waals surface area contributed by atoms with Gasteiger partial charge in [-0.15, -0.1) is 0 Å². The van der Waals surface area contributed by atoms with E-state index < -0.39 is 0 Å². The number of carbonyl (C=O) groups is 2. The average Bonchev–Trinajstić information content (AvgIpc) is 2.75.